The summed E-state index contributed by atoms with van der Waals surface area (Å²) < 4.78 is 15.5. The third-order valence-corrected chi connectivity index (χ3v) is 3.41. The van der Waals surface area contributed by atoms with E-state index in [1.54, 1.807) is 22.9 Å². The van der Waals surface area contributed by atoms with E-state index in [1.165, 1.54) is 6.07 Å². The Morgan fingerprint density at radius 3 is 2.95 bits per heavy atom. The Morgan fingerprint density at radius 2 is 2.24 bits per heavy atom. The van der Waals surface area contributed by atoms with E-state index >= 15 is 0 Å². The van der Waals surface area contributed by atoms with E-state index in [9.17, 15) is 9.65 Å². The van der Waals surface area contributed by atoms with Crippen LogP contribution in [0.3, 0.4) is 0 Å². The van der Waals surface area contributed by atoms with E-state index in [0.717, 1.165) is 5.56 Å². The topological polar surface area (TPSA) is 54.5 Å². The summed E-state index contributed by atoms with van der Waals surface area (Å²) in [4.78, 5) is 8.75. The fourth-order valence-corrected chi connectivity index (χ4v) is 2.44. The van der Waals surface area contributed by atoms with E-state index in [-0.39, 0.29) is 11.4 Å². The van der Waals surface area contributed by atoms with Crippen molar-refractivity contribution < 1.29 is 4.39 Å². The molecule has 0 saturated heterocycles. The van der Waals surface area contributed by atoms with Crippen molar-refractivity contribution in [3.8, 4) is 11.8 Å². The van der Waals surface area contributed by atoms with Crippen LogP contribution < -0.4 is 0 Å². The van der Waals surface area contributed by atoms with Crippen LogP contribution in [-0.4, -0.2) is 14.5 Å². The molecule has 0 fully saturated rings. The molecule has 0 spiro atoms. The zero-order chi connectivity index (χ0) is 15.0. The van der Waals surface area contributed by atoms with Crippen molar-refractivity contribution in [2.24, 2.45) is 0 Å². The van der Waals surface area contributed by atoms with Crippen molar-refractivity contribution >= 4 is 22.8 Å². The average Bonchev–Trinajstić information content (AvgIpc) is 2.84. The predicted molar refractivity (Wildman–Crippen MR) is 77.8 cm³/mol. The summed E-state index contributed by atoms with van der Waals surface area (Å²) in [6, 6.07) is 8.21. The summed E-state index contributed by atoms with van der Waals surface area (Å²) in [6.45, 7) is 1.91. The summed E-state index contributed by atoms with van der Waals surface area (Å²) in [5, 5.41) is 9.20. The molecule has 3 rings (SSSR count). The van der Waals surface area contributed by atoms with Crippen LogP contribution in [0.15, 0.2) is 30.5 Å². The maximum absolute atomic E-state index is 13.8. The first-order chi connectivity index (χ1) is 10.2. The van der Waals surface area contributed by atoms with Gasteiger partial charge in [-0.25, -0.2) is 14.4 Å². The summed E-state index contributed by atoms with van der Waals surface area (Å²) in [5.74, 6) is 0.0768. The third-order valence-electron chi connectivity index (χ3n) is 3.17. The van der Waals surface area contributed by atoms with Gasteiger partial charge in [0.15, 0.2) is 5.65 Å². The molecule has 6 heteroatoms. The minimum Gasteiger partial charge on any atom is -0.278 e. The van der Waals surface area contributed by atoms with Gasteiger partial charge in [0.1, 0.15) is 28.8 Å². The van der Waals surface area contributed by atoms with Crippen LogP contribution in [0, 0.1) is 24.1 Å². The highest BCUT2D eigenvalue weighted by Gasteiger charge is 2.17. The first kappa shape index (κ1) is 13.5. The molecule has 0 amide bonds. The van der Waals surface area contributed by atoms with Gasteiger partial charge >= 0.3 is 0 Å². The van der Waals surface area contributed by atoms with Gasteiger partial charge in [0.25, 0.3) is 0 Å². The molecule has 1 aromatic carbocycles. The average molecular weight is 301 g/mol. The van der Waals surface area contributed by atoms with Crippen molar-refractivity contribution in [1.29, 1.82) is 5.26 Å². The van der Waals surface area contributed by atoms with Gasteiger partial charge in [0.05, 0.1) is 11.6 Å². The molecule has 2 aromatic heterocycles. The molecule has 0 unspecified atom stereocenters. The lowest BCUT2D eigenvalue weighted by Crippen LogP contribution is -2.04. The molecule has 4 nitrogen and oxygen atoms in total. The van der Waals surface area contributed by atoms with Crippen molar-refractivity contribution in [2.45, 2.75) is 12.8 Å². The number of aromatic nitrogens is 3. The molecule has 0 atom stereocenters. The molecule has 0 N–H and O–H groups in total. The van der Waals surface area contributed by atoms with Gasteiger partial charge in [-0.15, -0.1) is 11.6 Å². The van der Waals surface area contributed by atoms with Crippen LogP contribution in [0.1, 0.15) is 17.0 Å². The smallest absolute Gasteiger partial charge is 0.164 e. The molecule has 3 aromatic rings. The molecular weight excluding hydrogens is 291 g/mol. The second-order valence-electron chi connectivity index (χ2n) is 4.60. The number of aryl methyl sites for hydroxylation is 1. The Balaban J connectivity index is 2.40. The molecule has 104 valence electrons. The molecule has 2 heterocycles. The fourth-order valence-electron chi connectivity index (χ4n) is 2.26. The maximum Gasteiger partial charge on any atom is 0.164 e. The number of pyridine rings is 1. The monoisotopic (exact) mass is 300 g/mol. The highest BCUT2D eigenvalue weighted by atomic mass is 35.5. The molecule has 0 bridgehead atoms. The molecule has 0 radical (unpaired) electrons. The summed E-state index contributed by atoms with van der Waals surface area (Å²) in [5.41, 5.74) is 2.53. The van der Waals surface area contributed by atoms with Gasteiger partial charge in [0, 0.05) is 6.20 Å². The van der Waals surface area contributed by atoms with Crippen LogP contribution in [0.4, 0.5) is 4.39 Å². The van der Waals surface area contributed by atoms with Crippen LogP contribution in [0.2, 0.25) is 0 Å². The van der Waals surface area contributed by atoms with Gasteiger partial charge in [-0.1, -0.05) is 6.07 Å². The molecule has 0 aliphatic rings. The minimum atomic E-state index is -0.579. The summed E-state index contributed by atoms with van der Waals surface area (Å²) in [6.07, 6.45) is 1.70. The Kier molecular flexibility index (Phi) is 3.32. The molecule has 0 aliphatic carbocycles. The highest BCUT2D eigenvalue weighted by molar-refractivity contribution is 6.17. The van der Waals surface area contributed by atoms with Crippen LogP contribution >= 0.6 is 11.6 Å². The van der Waals surface area contributed by atoms with E-state index in [4.69, 9.17) is 11.6 Å². The largest absolute Gasteiger partial charge is 0.278 e. The van der Waals surface area contributed by atoms with Crippen LogP contribution in [0.5, 0.6) is 0 Å². The van der Waals surface area contributed by atoms with Crippen molar-refractivity contribution in [3.05, 3.63) is 53.2 Å². The number of halogens is 2. The van der Waals surface area contributed by atoms with E-state index in [2.05, 4.69) is 9.97 Å². The SMILES string of the molecule is Cc1cnc2c(c1)nc(CCl)n2-c1cccc(F)c1C#N. The number of imidazole rings is 1. The van der Waals surface area contributed by atoms with Gasteiger partial charge < -0.3 is 0 Å². The first-order valence-corrected chi connectivity index (χ1v) is 6.78. The number of hydrogen-bond acceptors (Lipinski definition) is 3. The second-order valence-corrected chi connectivity index (χ2v) is 4.87. The zero-order valence-electron chi connectivity index (χ0n) is 11.1. The number of alkyl halides is 1. The van der Waals surface area contributed by atoms with E-state index < -0.39 is 5.82 Å². The van der Waals surface area contributed by atoms with Crippen molar-refractivity contribution in [2.75, 3.05) is 0 Å². The summed E-state index contributed by atoms with van der Waals surface area (Å²) in [7, 11) is 0. The lowest BCUT2D eigenvalue weighted by Gasteiger charge is -2.09. The fraction of sp³-hybridized carbons (Fsp3) is 0.133. The number of hydrogen-bond donors (Lipinski definition) is 0. The number of rotatable bonds is 2. The number of nitriles is 1. The van der Waals surface area contributed by atoms with Gasteiger partial charge in [0.2, 0.25) is 0 Å². The van der Waals surface area contributed by atoms with Crippen molar-refractivity contribution in [1.82, 2.24) is 14.5 Å². The Labute approximate surface area is 125 Å². The van der Waals surface area contributed by atoms with E-state index in [1.807, 2.05) is 19.1 Å². The normalized spacial score (nSPS) is 10.8. The van der Waals surface area contributed by atoms with E-state index in [0.29, 0.717) is 22.7 Å². The Hall–Kier alpha value is -2.45. The zero-order valence-corrected chi connectivity index (χ0v) is 11.9. The number of fused-ring (bicyclic) bond motifs is 1. The Morgan fingerprint density at radius 1 is 1.43 bits per heavy atom. The van der Waals surface area contributed by atoms with Gasteiger partial charge in [-0.2, -0.15) is 5.26 Å². The lowest BCUT2D eigenvalue weighted by molar-refractivity contribution is 0.622. The minimum absolute atomic E-state index is 0.0504. The van der Waals surface area contributed by atoms with Crippen molar-refractivity contribution in [3.63, 3.8) is 0 Å². The Bertz CT molecular complexity index is 879. The third kappa shape index (κ3) is 2.14. The number of benzene rings is 1. The molecular formula is C15H10ClFN4. The first-order valence-electron chi connectivity index (χ1n) is 6.24. The standard InChI is InChI=1S/C15H10ClFN4/c1-9-5-12-15(19-8-9)21(14(6-16)20-12)13-4-2-3-11(17)10(13)7-18/h2-5,8H,6H2,1H3. The van der Waals surface area contributed by atoms with Crippen LogP contribution in [0.25, 0.3) is 16.9 Å². The molecule has 0 saturated carbocycles. The molecule has 21 heavy (non-hydrogen) atoms. The lowest BCUT2D eigenvalue weighted by atomic mass is 10.2. The maximum atomic E-state index is 13.8. The summed E-state index contributed by atoms with van der Waals surface area (Å²) >= 11 is 5.94. The molecule has 0 aliphatic heterocycles. The highest BCUT2D eigenvalue weighted by Crippen LogP contribution is 2.25. The van der Waals surface area contributed by atoms with Gasteiger partial charge in [-0.05, 0) is 30.7 Å². The predicted octanol–water partition coefficient (Wildman–Crippen LogP) is 3.48. The number of nitrogens with zero attached hydrogens (tertiary/aromatic N) is 4. The van der Waals surface area contributed by atoms with Gasteiger partial charge in [-0.3, -0.25) is 4.57 Å². The van der Waals surface area contributed by atoms with Crippen LogP contribution in [-0.2, 0) is 5.88 Å². The second kappa shape index (κ2) is 5.15. The quantitative estimate of drug-likeness (QED) is 0.681.